The maximum atomic E-state index is 13.6. The van der Waals surface area contributed by atoms with E-state index in [1.165, 1.54) is 15.5 Å². The molecule has 5 aromatic rings. The van der Waals surface area contributed by atoms with Gasteiger partial charge in [-0.1, -0.05) is 0 Å². The van der Waals surface area contributed by atoms with Crippen molar-refractivity contribution >= 4 is 39.2 Å². The lowest BCUT2D eigenvalue weighted by Crippen LogP contribution is -2.36. The van der Waals surface area contributed by atoms with Crippen LogP contribution in [0, 0.1) is 0 Å². The molecule has 9 nitrogen and oxygen atoms in total. The number of anilines is 1. The molecule has 5 heterocycles. The number of carbonyl (C=O) groups excluding carboxylic acids is 1. The van der Waals surface area contributed by atoms with Gasteiger partial charge in [0.2, 0.25) is 0 Å². The number of benzene rings is 1. The van der Waals surface area contributed by atoms with Gasteiger partial charge >= 0.3 is 6.18 Å². The number of imidazole rings is 1. The van der Waals surface area contributed by atoms with Crippen LogP contribution in [0.2, 0.25) is 0 Å². The predicted octanol–water partition coefficient (Wildman–Crippen LogP) is 3.71. The molecule has 1 unspecified atom stereocenters. The lowest BCUT2D eigenvalue weighted by Gasteiger charge is -2.33. The van der Waals surface area contributed by atoms with Gasteiger partial charge in [0.1, 0.15) is 11.5 Å². The fraction of sp³-hybridized carbons (Fsp3) is 0.250. The van der Waals surface area contributed by atoms with E-state index >= 15 is 0 Å². The van der Waals surface area contributed by atoms with Crippen LogP contribution >= 0.6 is 0 Å². The Bertz CT molecular complexity index is 1690. The number of nitrogens with zero attached hydrogens (tertiary/aromatic N) is 6. The summed E-state index contributed by atoms with van der Waals surface area (Å²) in [7, 11) is 3.44. The summed E-state index contributed by atoms with van der Waals surface area (Å²) in [5.74, 6) is 0.0847. The van der Waals surface area contributed by atoms with Crippen molar-refractivity contribution in [1.29, 1.82) is 0 Å². The van der Waals surface area contributed by atoms with Gasteiger partial charge in [-0.2, -0.15) is 18.3 Å². The summed E-state index contributed by atoms with van der Waals surface area (Å²) in [4.78, 5) is 23.3. The second-order valence-corrected chi connectivity index (χ2v) is 8.81. The van der Waals surface area contributed by atoms with E-state index in [9.17, 15) is 18.0 Å². The highest BCUT2D eigenvalue weighted by Crippen LogP contribution is 2.35. The summed E-state index contributed by atoms with van der Waals surface area (Å²) in [5.41, 5.74) is 8.31. The monoisotopic (exact) mass is 495 g/mol. The molecule has 4 aromatic heterocycles. The van der Waals surface area contributed by atoms with Crippen LogP contribution in [-0.4, -0.2) is 48.6 Å². The van der Waals surface area contributed by atoms with Gasteiger partial charge in [0.15, 0.2) is 5.69 Å². The Kier molecular flexibility index (Phi) is 4.74. The molecule has 0 aliphatic carbocycles. The summed E-state index contributed by atoms with van der Waals surface area (Å²) >= 11 is 0. The van der Waals surface area contributed by atoms with E-state index < -0.39 is 17.9 Å². The lowest BCUT2D eigenvalue weighted by molar-refractivity contribution is -0.140. The number of aryl methyl sites for hydroxylation is 1. The third-order valence-corrected chi connectivity index (χ3v) is 6.68. The van der Waals surface area contributed by atoms with Gasteiger partial charge in [-0.25, -0.2) is 9.97 Å². The van der Waals surface area contributed by atoms with Crippen molar-refractivity contribution in [3.63, 3.8) is 0 Å². The van der Waals surface area contributed by atoms with E-state index in [2.05, 4.69) is 15.1 Å². The average Bonchev–Trinajstić information content (AvgIpc) is 3.47. The Morgan fingerprint density at radius 1 is 1.22 bits per heavy atom. The van der Waals surface area contributed by atoms with Crippen molar-refractivity contribution in [1.82, 2.24) is 29.0 Å². The van der Waals surface area contributed by atoms with Gasteiger partial charge in [-0.3, -0.25) is 9.48 Å². The number of nitrogens with two attached hydrogens (primary N) is 1. The molecular formula is C24H20F3N7O2. The second kappa shape index (κ2) is 7.65. The standard InChI is InChI=1S/C24H20F3N7O2/c1-32(18-11-36-10-16-13(18)5-6-34-9-19(24(25,26)27)31-22(16)34)23(35)12-3-4-17-14(7-12)20-15(21(28)30-17)8-29-33(20)2/h3-9,18H,10-11H2,1-2H3,(H2,28,30). The number of hydrogen-bond donors (Lipinski definition) is 1. The largest absolute Gasteiger partial charge is 0.434 e. The first-order valence-corrected chi connectivity index (χ1v) is 11.1. The SMILES string of the molecule is CN(C(=O)c1ccc2nc(N)c3cnn(C)c3c2c1)C1COCc2c1ccn1cc(C(F)(F)F)nc21. The third kappa shape index (κ3) is 3.28. The third-order valence-electron chi connectivity index (χ3n) is 6.68. The Morgan fingerprint density at radius 2 is 2.03 bits per heavy atom. The summed E-state index contributed by atoms with van der Waals surface area (Å²) in [6.07, 6.45) is -0.453. The van der Waals surface area contributed by atoms with Crippen molar-refractivity contribution in [2.45, 2.75) is 18.8 Å². The predicted molar refractivity (Wildman–Crippen MR) is 125 cm³/mol. The van der Waals surface area contributed by atoms with Crippen molar-refractivity contribution in [3.8, 4) is 0 Å². The number of hydrogen-bond acceptors (Lipinski definition) is 6. The molecule has 12 heteroatoms. The number of nitrogen functional groups attached to an aromatic ring is 1. The summed E-state index contributed by atoms with van der Waals surface area (Å²) in [6.45, 7) is 0.309. The smallest absolute Gasteiger partial charge is 0.383 e. The number of ether oxygens (including phenoxy) is 1. The lowest BCUT2D eigenvalue weighted by atomic mass is 9.98. The molecule has 6 rings (SSSR count). The summed E-state index contributed by atoms with van der Waals surface area (Å²) < 4.78 is 48.4. The highest BCUT2D eigenvalue weighted by molar-refractivity contribution is 6.10. The minimum absolute atomic E-state index is 0.105. The number of carbonyl (C=O) groups is 1. The quantitative estimate of drug-likeness (QED) is 0.401. The zero-order chi connectivity index (χ0) is 25.4. The molecule has 0 saturated heterocycles. The average molecular weight is 495 g/mol. The van der Waals surface area contributed by atoms with Crippen molar-refractivity contribution in [2.24, 2.45) is 7.05 Å². The van der Waals surface area contributed by atoms with E-state index in [0.29, 0.717) is 33.4 Å². The second-order valence-electron chi connectivity index (χ2n) is 8.81. The Labute approximate surface area is 201 Å². The number of amides is 1. The normalized spacial score (nSPS) is 16.1. The molecular weight excluding hydrogens is 475 g/mol. The van der Waals surface area contributed by atoms with Crippen molar-refractivity contribution < 1.29 is 22.7 Å². The van der Waals surface area contributed by atoms with Gasteiger partial charge < -0.3 is 19.8 Å². The van der Waals surface area contributed by atoms with Crippen LogP contribution in [-0.2, 0) is 24.6 Å². The fourth-order valence-corrected chi connectivity index (χ4v) is 4.84. The fourth-order valence-electron chi connectivity index (χ4n) is 4.84. The number of halogens is 3. The summed E-state index contributed by atoms with van der Waals surface area (Å²) in [5, 5.41) is 5.69. The van der Waals surface area contributed by atoms with Crippen LogP contribution < -0.4 is 5.73 Å². The maximum absolute atomic E-state index is 13.6. The van der Waals surface area contributed by atoms with Crippen LogP contribution in [0.1, 0.15) is 33.2 Å². The Morgan fingerprint density at radius 3 is 2.81 bits per heavy atom. The molecule has 2 N–H and O–H groups in total. The van der Waals surface area contributed by atoms with Gasteiger partial charge in [-0.15, -0.1) is 0 Å². The molecule has 0 spiro atoms. The topological polar surface area (TPSA) is 104 Å². The van der Waals surface area contributed by atoms with E-state index in [1.54, 1.807) is 49.2 Å². The van der Waals surface area contributed by atoms with E-state index in [-0.39, 0.29) is 24.8 Å². The molecule has 1 aliphatic heterocycles. The number of likely N-dealkylation sites (N-methyl/N-ethyl adjacent to an activating group) is 1. The van der Waals surface area contributed by atoms with Crippen molar-refractivity contribution in [2.75, 3.05) is 19.4 Å². The van der Waals surface area contributed by atoms with Crippen LogP contribution in [0.3, 0.4) is 0 Å². The van der Waals surface area contributed by atoms with E-state index in [4.69, 9.17) is 10.5 Å². The van der Waals surface area contributed by atoms with Crippen LogP contribution in [0.15, 0.2) is 42.9 Å². The zero-order valence-corrected chi connectivity index (χ0v) is 19.2. The molecule has 1 atom stereocenters. The van der Waals surface area contributed by atoms with E-state index in [0.717, 1.165) is 17.1 Å². The molecule has 0 bridgehead atoms. The van der Waals surface area contributed by atoms with Crippen LogP contribution in [0.5, 0.6) is 0 Å². The first-order valence-electron chi connectivity index (χ1n) is 11.1. The minimum Gasteiger partial charge on any atom is -0.383 e. The molecule has 1 amide bonds. The molecule has 1 aromatic carbocycles. The Balaban J connectivity index is 1.40. The first-order chi connectivity index (χ1) is 17.1. The van der Waals surface area contributed by atoms with Crippen molar-refractivity contribution in [3.05, 3.63) is 65.2 Å². The molecule has 0 fully saturated rings. The maximum Gasteiger partial charge on any atom is 0.434 e. The molecule has 0 radical (unpaired) electrons. The van der Waals surface area contributed by atoms with Gasteiger partial charge in [0.25, 0.3) is 5.91 Å². The molecule has 36 heavy (non-hydrogen) atoms. The van der Waals surface area contributed by atoms with Crippen LogP contribution in [0.4, 0.5) is 19.0 Å². The van der Waals surface area contributed by atoms with E-state index in [1.807, 2.05) is 0 Å². The number of pyridine rings is 2. The number of aromatic nitrogens is 5. The van der Waals surface area contributed by atoms with Crippen LogP contribution in [0.25, 0.3) is 27.5 Å². The van der Waals surface area contributed by atoms with Gasteiger partial charge in [0.05, 0.1) is 41.9 Å². The molecule has 1 aliphatic rings. The highest BCUT2D eigenvalue weighted by Gasteiger charge is 2.36. The minimum atomic E-state index is -4.56. The number of rotatable bonds is 2. The Hall–Kier alpha value is -4.19. The zero-order valence-electron chi connectivity index (χ0n) is 19.2. The highest BCUT2D eigenvalue weighted by atomic mass is 19.4. The molecule has 0 saturated carbocycles. The number of fused-ring (bicyclic) bond motifs is 6. The van der Waals surface area contributed by atoms with Gasteiger partial charge in [0, 0.05) is 43.0 Å². The summed E-state index contributed by atoms with van der Waals surface area (Å²) in [6, 6.07) is 6.37. The van der Waals surface area contributed by atoms with Gasteiger partial charge in [-0.05, 0) is 29.8 Å². The first kappa shape index (κ1) is 22.3. The molecule has 184 valence electrons. The number of alkyl halides is 3.